The van der Waals surface area contributed by atoms with E-state index in [1.165, 1.54) is 11.3 Å². The molecule has 1 aromatic carbocycles. The minimum absolute atomic E-state index is 0.296. The van der Waals surface area contributed by atoms with Crippen LogP contribution in [-0.4, -0.2) is 31.7 Å². The number of esters is 1. The number of hydrogen-bond donors (Lipinski definition) is 1. The Hall–Kier alpha value is -2.54. The number of benzene rings is 1. The second-order valence-electron chi connectivity index (χ2n) is 6.54. The van der Waals surface area contributed by atoms with Crippen molar-refractivity contribution in [1.82, 2.24) is 0 Å². The lowest BCUT2D eigenvalue weighted by molar-refractivity contribution is -0.122. The number of carbonyl (C=O) groups is 2. The molecule has 0 saturated carbocycles. The molecule has 2 aromatic rings. The molecule has 7 heteroatoms. The third-order valence-electron chi connectivity index (χ3n) is 4.63. The van der Waals surface area contributed by atoms with Crippen molar-refractivity contribution in [2.24, 2.45) is 0 Å². The number of anilines is 1. The van der Waals surface area contributed by atoms with Gasteiger partial charge in [-0.05, 0) is 57.2 Å². The molecule has 1 aromatic heterocycles. The Kier molecular flexibility index (Phi) is 6.57. The van der Waals surface area contributed by atoms with Crippen molar-refractivity contribution >= 4 is 28.2 Å². The number of aryl methyl sites for hydroxylation is 1. The summed E-state index contributed by atoms with van der Waals surface area (Å²) in [6.45, 7) is 3.74. The minimum Gasteiger partial charge on any atom is -0.493 e. The monoisotopic (exact) mass is 403 g/mol. The number of hydrogen-bond acceptors (Lipinski definition) is 6. The standard InChI is InChI=1S/C21H25NO5S/c1-4-26-21(24)18-14-9-5-8-12-17(14)28-20(18)22-19(23)13(2)27-16-11-7-6-10-15(16)25-3/h6-7,10-11,13H,4-5,8-9,12H2,1-3H3,(H,22,23)/t13-/m0/s1. The molecule has 1 aliphatic rings. The molecule has 0 aliphatic heterocycles. The van der Waals surface area contributed by atoms with E-state index in [0.29, 0.717) is 28.7 Å². The van der Waals surface area contributed by atoms with Gasteiger partial charge in [-0.1, -0.05) is 12.1 Å². The lowest BCUT2D eigenvalue weighted by atomic mass is 9.95. The van der Waals surface area contributed by atoms with E-state index in [4.69, 9.17) is 14.2 Å². The third kappa shape index (κ3) is 4.30. The van der Waals surface area contributed by atoms with Gasteiger partial charge in [0.15, 0.2) is 17.6 Å². The SMILES string of the molecule is CCOC(=O)c1c(NC(=O)[C@H](C)Oc2ccccc2OC)sc2c1CCCC2. The van der Waals surface area contributed by atoms with Crippen LogP contribution in [0, 0.1) is 0 Å². The summed E-state index contributed by atoms with van der Waals surface area (Å²) in [5, 5.41) is 3.42. The predicted molar refractivity (Wildman–Crippen MR) is 109 cm³/mol. The van der Waals surface area contributed by atoms with E-state index < -0.39 is 6.10 Å². The summed E-state index contributed by atoms with van der Waals surface area (Å²) >= 11 is 1.46. The molecule has 0 spiro atoms. The molecule has 1 aliphatic carbocycles. The molecule has 0 radical (unpaired) electrons. The van der Waals surface area contributed by atoms with Crippen LogP contribution in [0.15, 0.2) is 24.3 Å². The molecule has 0 unspecified atom stereocenters. The third-order valence-corrected chi connectivity index (χ3v) is 5.84. The van der Waals surface area contributed by atoms with Gasteiger partial charge in [-0.15, -0.1) is 11.3 Å². The first-order valence-corrected chi connectivity index (χ1v) is 10.3. The van der Waals surface area contributed by atoms with Crippen molar-refractivity contribution in [2.45, 2.75) is 45.6 Å². The van der Waals surface area contributed by atoms with Crippen molar-refractivity contribution in [3.05, 3.63) is 40.3 Å². The first-order valence-electron chi connectivity index (χ1n) is 9.47. The van der Waals surface area contributed by atoms with Crippen molar-refractivity contribution in [2.75, 3.05) is 19.0 Å². The van der Waals surface area contributed by atoms with Crippen LogP contribution in [0.25, 0.3) is 0 Å². The number of amides is 1. The van der Waals surface area contributed by atoms with Gasteiger partial charge in [0.2, 0.25) is 0 Å². The van der Waals surface area contributed by atoms with Gasteiger partial charge in [-0.25, -0.2) is 4.79 Å². The summed E-state index contributed by atoms with van der Waals surface area (Å²) in [5.74, 6) is 0.343. The van der Waals surface area contributed by atoms with E-state index in [1.807, 2.05) is 12.1 Å². The van der Waals surface area contributed by atoms with Gasteiger partial charge in [0.1, 0.15) is 5.00 Å². The highest BCUT2D eigenvalue weighted by molar-refractivity contribution is 7.17. The van der Waals surface area contributed by atoms with Crippen molar-refractivity contribution in [3.8, 4) is 11.5 Å². The molecule has 28 heavy (non-hydrogen) atoms. The maximum absolute atomic E-state index is 12.7. The van der Waals surface area contributed by atoms with Crippen LogP contribution in [0.2, 0.25) is 0 Å². The van der Waals surface area contributed by atoms with Crippen LogP contribution in [0.4, 0.5) is 5.00 Å². The second kappa shape index (κ2) is 9.10. The van der Waals surface area contributed by atoms with Crippen LogP contribution in [0.1, 0.15) is 47.5 Å². The zero-order valence-electron chi connectivity index (χ0n) is 16.4. The number of carbonyl (C=O) groups excluding carboxylic acids is 2. The highest BCUT2D eigenvalue weighted by Gasteiger charge is 2.28. The van der Waals surface area contributed by atoms with E-state index in [-0.39, 0.29) is 11.9 Å². The normalized spacial score (nSPS) is 14.0. The Labute approximate surface area is 168 Å². The minimum atomic E-state index is -0.759. The van der Waals surface area contributed by atoms with Gasteiger partial charge >= 0.3 is 5.97 Å². The fourth-order valence-corrected chi connectivity index (χ4v) is 4.53. The number of fused-ring (bicyclic) bond motifs is 1. The van der Waals surface area contributed by atoms with E-state index in [1.54, 1.807) is 33.1 Å². The van der Waals surface area contributed by atoms with Crippen LogP contribution in [0.5, 0.6) is 11.5 Å². The Morgan fingerprint density at radius 1 is 1.18 bits per heavy atom. The molecular weight excluding hydrogens is 378 g/mol. The topological polar surface area (TPSA) is 73.9 Å². The zero-order chi connectivity index (χ0) is 20.1. The Balaban J connectivity index is 1.79. The molecule has 0 saturated heterocycles. The van der Waals surface area contributed by atoms with Crippen LogP contribution < -0.4 is 14.8 Å². The molecular formula is C21H25NO5S. The van der Waals surface area contributed by atoms with Crippen molar-refractivity contribution < 1.29 is 23.8 Å². The lowest BCUT2D eigenvalue weighted by Crippen LogP contribution is -2.30. The van der Waals surface area contributed by atoms with E-state index in [2.05, 4.69) is 5.32 Å². The maximum atomic E-state index is 12.7. The van der Waals surface area contributed by atoms with Crippen LogP contribution in [-0.2, 0) is 22.4 Å². The van der Waals surface area contributed by atoms with Crippen molar-refractivity contribution in [3.63, 3.8) is 0 Å². The van der Waals surface area contributed by atoms with Gasteiger partial charge in [0.05, 0.1) is 19.3 Å². The highest BCUT2D eigenvalue weighted by Crippen LogP contribution is 2.38. The maximum Gasteiger partial charge on any atom is 0.341 e. The summed E-state index contributed by atoms with van der Waals surface area (Å²) in [4.78, 5) is 26.4. The fraction of sp³-hybridized carbons (Fsp3) is 0.429. The van der Waals surface area contributed by atoms with Gasteiger partial charge in [-0.3, -0.25) is 4.79 Å². The second-order valence-corrected chi connectivity index (χ2v) is 7.64. The zero-order valence-corrected chi connectivity index (χ0v) is 17.2. The van der Waals surface area contributed by atoms with E-state index in [9.17, 15) is 9.59 Å². The van der Waals surface area contributed by atoms with Gasteiger partial charge in [-0.2, -0.15) is 0 Å². The molecule has 1 heterocycles. The molecule has 1 amide bonds. The number of ether oxygens (including phenoxy) is 3. The van der Waals surface area contributed by atoms with Crippen molar-refractivity contribution in [1.29, 1.82) is 0 Å². The number of para-hydroxylation sites is 2. The predicted octanol–water partition coefficient (Wildman–Crippen LogP) is 4.22. The number of rotatable bonds is 7. The Morgan fingerprint density at radius 3 is 2.61 bits per heavy atom. The van der Waals surface area contributed by atoms with Gasteiger partial charge < -0.3 is 19.5 Å². The molecule has 6 nitrogen and oxygen atoms in total. The number of nitrogens with one attached hydrogen (secondary N) is 1. The summed E-state index contributed by atoms with van der Waals surface area (Å²) in [6, 6.07) is 7.16. The quantitative estimate of drug-likeness (QED) is 0.701. The van der Waals surface area contributed by atoms with Crippen LogP contribution >= 0.6 is 11.3 Å². The Morgan fingerprint density at radius 2 is 1.89 bits per heavy atom. The first kappa shape index (κ1) is 20.2. The summed E-state index contributed by atoms with van der Waals surface area (Å²) < 4.78 is 16.3. The van der Waals surface area contributed by atoms with Gasteiger partial charge in [0, 0.05) is 4.88 Å². The molecule has 1 N–H and O–H groups in total. The summed E-state index contributed by atoms with van der Waals surface area (Å²) in [6.07, 6.45) is 3.14. The van der Waals surface area contributed by atoms with Crippen LogP contribution in [0.3, 0.4) is 0 Å². The van der Waals surface area contributed by atoms with Gasteiger partial charge in [0.25, 0.3) is 5.91 Å². The summed E-state index contributed by atoms with van der Waals surface area (Å²) in [5.41, 5.74) is 1.52. The average Bonchev–Trinajstić information content (AvgIpc) is 3.06. The fourth-order valence-electron chi connectivity index (χ4n) is 3.25. The molecule has 3 rings (SSSR count). The lowest BCUT2D eigenvalue weighted by Gasteiger charge is -2.16. The number of methoxy groups -OCH3 is 1. The van der Waals surface area contributed by atoms with E-state index >= 15 is 0 Å². The van der Waals surface area contributed by atoms with E-state index in [0.717, 1.165) is 36.1 Å². The molecule has 0 bridgehead atoms. The average molecular weight is 404 g/mol. The Bertz CT molecular complexity index is 860. The molecule has 150 valence electrons. The molecule has 0 fully saturated rings. The number of thiophene rings is 1. The highest BCUT2D eigenvalue weighted by atomic mass is 32.1. The largest absolute Gasteiger partial charge is 0.493 e. The molecule has 1 atom stereocenters. The first-order chi connectivity index (χ1) is 13.5. The summed E-state index contributed by atoms with van der Waals surface area (Å²) in [7, 11) is 1.55. The smallest absolute Gasteiger partial charge is 0.341 e.